The molecule has 0 fully saturated rings. The summed E-state index contributed by atoms with van der Waals surface area (Å²) in [6.45, 7) is 1.77. The fourth-order valence-electron chi connectivity index (χ4n) is 0.607. The van der Waals surface area contributed by atoms with E-state index < -0.39 is 10.0 Å². The third kappa shape index (κ3) is 1.65. The van der Waals surface area contributed by atoms with Crippen molar-refractivity contribution in [1.29, 1.82) is 0 Å². The number of thiazole rings is 1. The number of aryl methyl sites for hydroxylation is 1. The molecule has 0 radical (unpaired) electrons. The van der Waals surface area contributed by atoms with Gasteiger partial charge in [0.1, 0.15) is 0 Å². The highest BCUT2D eigenvalue weighted by atomic mass is 32.2. The first-order valence-corrected chi connectivity index (χ1v) is 5.61. The van der Waals surface area contributed by atoms with Gasteiger partial charge in [-0.2, -0.15) is 0 Å². The van der Waals surface area contributed by atoms with Crippen molar-refractivity contribution in [2.75, 3.05) is 14.1 Å². The lowest BCUT2D eigenvalue weighted by molar-refractivity contribution is 0.520. The van der Waals surface area contributed by atoms with E-state index in [0.717, 1.165) is 21.3 Å². The minimum Gasteiger partial charge on any atom is -0.229 e. The van der Waals surface area contributed by atoms with Gasteiger partial charge in [-0.1, -0.05) is 0 Å². The molecule has 0 aliphatic rings. The number of hydrogen-bond acceptors (Lipinski definition) is 4. The third-order valence-corrected chi connectivity index (χ3v) is 4.47. The van der Waals surface area contributed by atoms with Gasteiger partial charge < -0.3 is 0 Å². The lowest BCUT2D eigenvalue weighted by Crippen LogP contribution is -2.21. The van der Waals surface area contributed by atoms with Gasteiger partial charge >= 0.3 is 0 Å². The van der Waals surface area contributed by atoms with Crippen LogP contribution in [0.3, 0.4) is 0 Å². The number of rotatable bonds is 2. The molecular weight excluding hydrogens is 196 g/mol. The highest BCUT2D eigenvalue weighted by molar-refractivity contribution is 7.91. The normalized spacial score (nSPS) is 12.3. The average Bonchev–Trinajstić information content (AvgIpc) is 2.35. The van der Waals surface area contributed by atoms with E-state index in [1.807, 2.05) is 0 Å². The van der Waals surface area contributed by atoms with Crippen LogP contribution in [0.1, 0.15) is 5.69 Å². The average molecular weight is 206 g/mol. The monoisotopic (exact) mass is 206 g/mol. The molecule has 0 amide bonds. The van der Waals surface area contributed by atoms with Gasteiger partial charge in [0.25, 0.3) is 10.0 Å². The summed E-state index contributed by atoms with van der Waals surface area (Å²) in [5.41, 5.74) is 0.737. The van der Waals surface area contributed by atoms with Crippen LogP contribution in [0.25, 0.3) is 0 Å². The SMILES string of the molecule is Cc1csc(S(=O)(=O)N(C)C)n1. The van der Waals surface area contributed by atoms with E-state index in [1.54, 1.807) is 12.3 Å². The van der Waals surface area contributed by atoms with Gasteiger partial charge in [-0.15, -0.1) is 11.3 Å². The molecule has 0 saturated carbocycles. The van der Waals surface area contributed by atoms with Gasteiger partial charge in [0.15, 0.2) is 0 Å². The fraction of sp³-hybridized carbons (Fsp3) is 0.500. The highest BCUT2D eigenvalue weighted by Crippen LogP contribution is 2.17. The minimum absolute atomic E-state index is 0.157. The molecule has 12 heavy (non-hydrogen) atoms. The van der Waals surface area contributed by atoms with Crippen molar-refractivity contribution in [3.8, 4) is 0 Å². The molecule has 68 valence electrons. The first-order chi connectivity index (χ1) is 5.44. The van der Waals surface area contributed by atoms with Gasteiger partial charge in [-0.25, -0.2) is 17.7 Å². The number of hydrogen-bond donors (Lipinski definition) is 0. The van der Waals surface area contributed by atoms with E-state index in [9.17, 15) is 8.42 Å². The van der Waals surface area contributed by atoms with E-state index in [0.29, 0.717) is 0 Å². The molecule has 0 aliphatic carbocycles. The fourth-order valence-corrected chi connectivity index (χ4v) is 2.78. The smallest absolute Gasteiger partial charge is 0.229 e. The van der Waals surface area contributed by atoms with Crippen molar-refractivity contribution in [3.63, 3.8) is 0 Å². The largest absolute Gasteiger partial charge is 0.269 e. The van der Waals surface area contributed by atoms with Crippen LogP contribution in [-0.4, -0.2) is 31.8 Å². The van der Waals surface area contributed by atoms with Crippen LogP contribution in [0.2, 0.25) is 0 Å². The van der Waals surface area contributed by atoms with Crippen molar-refractivity contribution in [2.45, 2.75) is 11.3 Å². The summed E-state index contributed by atoms with van der Waals surface area (Å²) >= 11 is 1.14. The maximum absolute atomic E-state index is 11.4. The second-order valence-corrected chi connectivity index (χ2v) is 5.73. The van der Waals surface area contributed by atoms with Crippen LogP contribution < -0.4 is 0 Å². The zero-order chi connectivity index (χ0) is 9.35. The molecule has 0 spiro atoms. The molecule has 1 aromatic rings. The quantitative estimate of drug-likeness (QED) is 0.715. The Morgan fingerprint density at radius 3 is 2.42 bits per heavy atom. The van der Waals surface area contributed by atoms with Crippen LogP contribution in [0, 0.1) is 6.92 Å². The van der Waals surface area contributed by atoms with Crippen molar-refractivity contribution in [1.82, 2.24) is 9.29 Å². The molecule has 0 atom stereocenters. The summed E-state index contributed by atoms with van der Waals surface area (Å²) in [4.78, 5) is 3.89. The Balaban J connectivity index is 3.15. The molecule has 4 nitrogen and oxygen atoms in total. The van der Waals surface area contributed by atoms with Crippen LogP contribution >= 0.6 is 11.3 Å². The Kier molecular flexibility index (Phi) is 2.50. The van der Waals surface area contributed by atoms with Crippen LogP contribution in [0.15, 0.2) is 9.72 Å². The van der Waals surface area contributed by atoms with Crippen molar-refractivity contribution in [3.05, 3.63) is 11.1 Å². The molecule has 0 bridgehead atoms. The van der Waals surface area contributed by atoms with Gasteiger partial charge in [0.05, 0.1) is 0 Å². The van der Waals surface area contributed by atoms with Gasteiger partial charge in [-0.3, -0.25) is 0 Å². The minimum atomic E-state index is -3.32. The first-order valence-electron chi connectivity index (χ1n) is 3.29. The first kappa shape index (κ1) is 9.63. The van der Waals surface area contributed by atoms with Crippen molar-refractivity contribution in [2.24, 2.45) is 0 Å². The van der Waals surface area contributed by atoms with Crippen LogP contribution in [-0.2, 0) is 10.0 Å². The molecular formula is C6H10N2O2S2. The van der Waals surface area contributed by atoms with E-state index in [-0.39, 0.29) is 4.34 Å². The van der Waals surface area contributed by atoms with Gasteiger partial charge in [-0.05, 0) is 6.92 Å². The Morgan fingerprint density at radius 1 is 1.50 bits per heavy atom. The topological polar surface area (TPSA) is 50.3 Å². The summed E-state index contributed by atoms with van der Waals surface area (Å²) in [5, 5.41) is 1.72. The molecule has 6 heteroatoms. The maximum atomic E-state index is 11.4. The molecule has 0 saturated heterocycles. The molecule has 0 unspecified atom stereocenters. The molecule has 1 heterocycles. The summed E-state index contributed by atoms with van der Waals surface area (Å²) in [6.07, 6.45) is 0. The lowest BCUT2D eigenvalue weighted by atomic mass is 10.6. The third-order valence-electron chi connectivity index (χ3n) is 1.30. The van der Waals surface area contributed by atoms with E-state index in [2.05, 4.69) is 4.98 Å². The Morgan fingerprint density at radius 2 is 2.08 bits per heavy atom. The summed E-state index contributed by atoms with van der Waals surface area (Å²) in [6, 6.07) is 0. The van der Waals surface area contributed by atoms with Crippen molar-refractivity contribution >= 4 is 21.4 Å². The van der Waals surface area contributed by atoms with Gasteiger partial charge in [0, 0.05) is 25.2 Å². The summed E-state index contributed by atoms with van der Waals surface area (Å²) in [7, 11) is -0.331. The molecule has 0 aliphatic heterocycles. The number of sulfonamides is 1. The maximum Gasteiger partial charge on any atom is 0.269 e. The summed E-state index contributed by atoms with van der Waals surface area (Å²) < 4.78 is 24.2. The van der Waals surface area contributed by atoms with E-state index >= 15 is 0 Å². The zero-order valence-corrected chi connectivity index (χ0v) is 8.74. The Hall–Kier alpha value is -0.460. The molecule has 1 rings (SSSR count). The molecule has 1 aromatic heterocycles. The standard InChI is InChI=1S/C6H10N2O2S2/c1-5-4-11-6(7-5)12(9,10)8(2)3/h4H,1-3H3. The Labute approximate surface area is 75.9 Å². The van der Waals surface area contributed by atoms with Gasteiger partial charge in [0.2, 0.25) is 4.34 Å². The van der Waals surface area contributed by atoms with E-state index in [1.165, 1.54) is 14.1 Å². The molecule has 0 aromatic carbocycles. The van der Waals surface area contributed by atoms with Crippen LogP contribution in [0.5, 0.6) is 0 Å². The lowest BCUT2D eigenvalue weighted by Gasteiger charge is -2.06. The predicted octanol–water partition coefficient (Wildman–Crippen LogP) is 0.702. The zero-order valence-electron chi connectivity index (χ0n) is 7.10. The number of aromatic nitrogens is 1. The van der Waals surface area contributed by atoms with Crippen molar-refractivity contribution < 1.29 is 8.42 Å². The second kappa shape index (κ2) is 3.12. The Bertz CT molecular complexity index is 367. The second-order valence-electron chi connectivity index (χ2n) is 2.54. The molecule has 0 N–H and O–H groups in total. The summed E-state index contributed by atoms with van der Waals surface area (Å²) in [5.74, 6) is 0. The predicted molar refractivity (Wildman–Crippen MR) is 47.7 cm³/mol. The van der Waals surface area contributed by atoms with Crippen LogP contribution in [0.4, 0.5) is 0 Å². The van der Waals surface area contributed by atoms with E-state index in [4.69, 9.17) is 0 Å². The highest BCUT2D eigenvalue weighted by Gasteiger charge is 2.20. The number of nitrogens with zero attached hydrogens (tertiary/aromatic N) is 2.